The maximum atomic E-state index is 11.7. The SMILES string of the molecule is CCNCCc1nc2c(S(C)(=O)=O)cccc2[nH]1. The summed E-state index contributed by atoms with van der Waals surface area (Å²) in [6.45, 7) is 3.78. The molecule has 18 heavy (non-hydrogen) atoms. The van der Waals surface area contributed by atoms with Gasteiger partial charge in [-0.2, -0.15) is 0 Å². The van der Waals surface area contributed by atoms with Crippen LogP contribution in [0.5, 0.6) is 0 Å². The van der Waals surface area contributed by atoms with Gasteiger partial charge in [0.1, 0.15) is 11.3 Å². The van der Waals surface area contributed by atoms with Crippen LogP contribution >= 0.6 is 0 Å². The predicted molar refractivity (Wildman–Crippen MR) is 71.5 cm³/mol. The highest BCUT2D eigenvalue weighted by molar-refractivity contribution is 7.91. The lowest BCUT2D eigenvalue weighted by atomic mass is 10.3. The van der Waals surface area contributed by atoms with Crippen LogP contribution in [-0.2, 0) is 16.3 Å². The van der Waals surface area contributed by atoms with Crippen molar-refractivity contribution in [3.63, 3.8) is 0 Å². The highest BCUT2D eigenvalue weighted by atomic mass is 32.2. The summed E-state index contributed by atoms with van der Waals surface area (Å²) in [7, 11) is -3.24. The van der Waals surface area contributed by atoms with E-state index in [0.29, 0.717) is 5.52 Å². The van der Waals surface area contributed by atoms with Gasteiger partial charge in [-0.1, -0.05) is 13.0 Å². The third-order valence-corrected chi connectivity index (χ3v) is 3.84. The number of aromatic nitrogens is 2. The van der Waals surface area contributed by atoms with Gasteiger partial charge in [0.2, 0.25) is 0 Å². The third kappa shape index (κ3) is 2.70. The van der Waals surface area contributed by atoms with Crippen LogP contribution in [0, 0.1) is 0 Å². The zero-order chi connectivity index (χ0) is 13.2. The largest absolute Gasteiger partial charge is 0.342 e. The molecule has 2 N–H and O–H groups in total. The van der Waals surface area contributed by atoms with Gasteiger partial charge in [-0.3, -0.25) is 0 Å². The number of para-hydroxylation sites is 1. The van der Waals surface area contributed by atoms with Crippen molar-refractivity contribution in [1.29, 1.82) is 0 Å². The molecule has 0 aliphatic carbocycles. The Labute approximate surface area is 107 Å². The van der Waals surface area contributed by atoms with Crippen molar-refractivity contribution >= 4 is 20.9 Å². The van der Waals surface area contributed by atoms with Gasteiger partial charge in [-0.05, 0) is 18.7 Å². The number of sulfone groups is 1. The van der Waals surface area contributed by atoms with Crippen molar-refractivity contribution in [3.8, 4) is 0 Å². The summed E-state index contributed by atoms with van der Waals surface area (Å²) in [5.41, 5.74) is 1.30. The number of rotatable bonds is 5. The van der Waals surface area contributed by atoms with Crippen LogP contribution in [0.4, 0.5) is 0 Å². The third-order valence-electron chi connectivity index (χ3n) is 2.71. The van der Waals surface area contributed by atoms with Crippen molar-refractivity contribution in [2.24, 2.45) is 0 Å². The molecular formula is C12H17N3O2S. The number of nitrogens with one attached hydrogen (secondary N) is 2. The Hall–Kier alpha value is -1.40. The normalized spacial score (nSPS) is 12.1. The van der Waals surface area contributed by atoms with Gasteiger partial charge in [0, 0.05) is 19.2 Å². The molecule has 0 radical (unpaired) electrons. The standard InChI is InChI=1S/C12H17N3O2S/c1-3-13-8-7-11-14-9-5-4-6-10(12(9)15-11)18(2,16)17/h4-6,13H,3,7-8H2,1-2H3,(H,14,15). The van der Waals surface area contributed by atoms with E-state index in [1.165, 1.54) is 6.26 Å². The first-order chi connectivity index (χ1) is 8.52. The number of benzene rings is 1. The molecule has 0 amide bonds. The minimum absolute atomic E-state index is 0.283. The number of nitrogens with zero attached hydrogens (tertiary/aromatic N) is 1. The smallest absolute Gasteiger partial charge is 0.177 e. The molecule has 6 heteroatoms. The summed E-state index contributed by atoms with van der Waals surface area (Å²) in [6, 6.07) is 5.16. The van der Waals surface area contributed by atoms with Crippen LogP contribution in [-0.4, -0.2) is 37.7 Å². The molecule has 1 aromatic carbocycles. The Morgan fingerprint density at radius 2 is 2.17 bits per heavy atom. The molecule has 5 nitrogen and oxygen atoms in total. The number of fused-ring (bicyclic) bond motifs is 1. The van der Waals surface area contributed by atoms with E-state index in [0.717, 1.165) is 30.9 Å². The average molecular weight is 267 g/mol. The zero-order valence-electron chi connectivity index (χ0n) is 10.5. The van der Waals surface area contributed by atoms with Crippen molar-refractivity contribution in [1.82, 2.24) is 15.3 Å². The topological polar surface area (TPSA) is 74.8 Å². The fraction of sp³-hybridized carbons (Fsp3) is 0.417. The molecule has 0 unspecified atom stereocenters. The highest BCUT2D eigenvalue weighted by Gasteiger charge is 2.14. The maximum absolute atomic E-state index is 11.7. The van der Waals surface area contributed by atoms with Gasteiger partial charge >= 0.3 is 0 Å². The van der Waals surface area contributed by atoms with Crippen LogP contribution in [0.1, 0.15) is 12.7 Å². The van der Waals surface area contributed by atoms with E-state index >= 15 is 0 Å². The highest BCUT2D eigenvalue weighted by Crippen LogP contribution is 2.20. The van der Waals surface area contributed by atoms with E-state index in [9.17, 15) is 8.42 Å². The second-order valence-electron chi connectivity index (χ2n) is 4.21. The second-order valence-corrected chi connectivity index (χ2v) is 6.20. The molecule has 1 aromatic heterocycles. The fourth-order valence-corrected chi connectivity index (χ4v) is 2.69. The second kappa shape index (κ2) is 5.07. The number of aromatic amines is 1. The minimum atomic E-state index is -3.24. The number of imidazole rings is 1. The monoisotopic (exact) mass is 267 g/mol. The predicted octanol–water partition coefficient (Wildman–Crippen LogP) is 1.12. The van der Waals surface area contributed by atoms with E-state index < -0.39 is 9.84 Å². The molecule has 0 saturated carbocycles. The Morgan fingerprint density at radius 3 is 2.83 bits per heavy atom. The fourth-order valence-electron chi connectivity index (χ4n) is 1.86. The molecule has 0 fully saturated rings. The Bertz CT molecular complexity index is 646. The molecule has 2 aromatic rings. The molecule has 2 rings (SSSR count). The first-order valence-electron chi connectivity index (χ1n) is 5.90. The molecule has 98 valence electrons. The molecule has 0 aliphatic heterocycles. The van der Waals surface area contributed by atoms with E-state index in [4.69, 9.17) is 0 Å². The molecule has 0 bridgehead atoms. The molecule has 0 saturated heterocycles. The maximum Gasteiger partial charge on any atom is 0.177 e. The minimum Gasteiger partial charge on any atom is -0.342 e. The number of H-pyrrole nitrogens is 1. The number of hydrogen-bond donors (Lipinski definition) is 2. The molecule has 1 heterocycles. The van der Waals surface area contributed by atoms with Crippen molar-refractivity contribution in [2.75, 3.05) is 19.3 Å². The first-order valence-corrected chi connectivity index (χ1v) is 7.80. The summed E-state index contributed by atoms with van der Waals surface area (Å²) in [5, 5.41) is 3.21. The van der Waals surface area contributed by atoms with Gasteiger partial charge < -0.3 is 10.3 Å². The molecular weight excluding hydrogens is 250 g/mol. The van der Waals surface area contributed by atoms with Gasteiger partial charge in [0.25, 0.3) is 0 Å². The quantitative estimate of drug-likeness (QED) is 0.796. The number of likely N-dealkylation sites (N-methyl/N-ethyl adjacent to an activating group) is 1. The summed E-state index contributed by atoms with van der Waals surface area (Å²) in [6.07, 6.45) is 1.96. The van der Waals surface area contributed by atoms with E-state index in [1.807, 2.05) is 13.0 Å². The lowest BCUT2D eigenvalue weighted by Gasteiger charge is -1.98. The Morgan fingerprint density at radius 1 is 1.39 bits per heavy atom. The van der Waals surface area contributed by atoms with E-state index in [1.54, 1.807) is 12.1 Å². The van der Waals surface area contributed by atoms with Crippen LogP contribution in [0.15, 0.2) is 23.1 Å². The number of hydrogen-bond acceptors (Lipinski definition) is 4. The Kier molecular flexibility index (Phi) is 3.68. The Balaban J connectivity index is 2.39. The van der Waals surface area contributed by atoms with Gasteiger partial charge in [0.15, 0.2) is 9.84 Å². The average Bonchev–Trinajstić information content (AvgIpc) is 2.70. The van der Waals surface area contributed by atoms with Crippen molar-refractivity contribution in [3.05, 3.63) is 24.0 Å². The molecule has 0 atom stereocenters. The zero-order valence-corrected chi connectivity index (χ0v) is 11.3. The first kappa shape index (κ1) is 13.0. The summed E-state index contributed by atoms with van der Waals surface area (Å²) >= 11 is 0. The summed E-state index contributed by atoms with van der Waals surface area (Å²) < 4.78 is 23.3. The lowest BCUT2D eigenvalue weighted by molar-refractivity contribution is 0.602. The van der Waals surface area contributed by atoms with Crippen LogP contribution in [0.3, 0.4) is 0 Å². The van der Waals surface area contributed by atoms with Crippen LogP contribution in [0.2, 0.25) is 0 Å². The van der Waals surface area contributed by atoms with Gasteiger partial charge in [-0.15, -0.1) is 0 Å². The van der Waals surface area contributed by atoms with Crippen molar-refractivity contribution in [2.45, 2.75) is 18.2 Å². The van der Waals surface area contributed by atoms with Crippen molar-refractivity contribution < 1.29 is 8.42 Å². The van der Waals surface area contributed by atoms with E-state index in [2.05, 4.69) is 15.3 Å². The lowest BCUT2D eigenvalue weighted by Crippen LogP contribution is -2.16. The molecule has 0 spiro atoms. The van der Waals surface area contributed by atoms with Crippen LogP contribution < -0.4 is 5.32 Å². The van der Waals surface area contributed by atoms with Gasteiger partial charge in [-0.25, -0.2) is 13.4 Å². The summed E-state index contributed by atoms with van der Waals surface area (Å²) in [4.78, 5) is 7.81. The van der Waals surface area contributed by atoms with Crippen LogP contribution in [0.25, 0.3) is 11.0 Å². The molecule has 0 aliphatic rings. The summed E-state index contributed by atoms with van der Waals surface area (Å²) in [5.74, 6) is 0.807. The van der Waals surface area contributed by atoms with Gasteiger partial charge in [0.05, 0.1) is 10.4 Å². The van der Waals surface area contributed by atoms with E-state index in [-0.39, 0.29) is 4.90 Å².